The first kappa shape index (κ1) is 15.3. The van der Waals surface area contributed by atoms with E-state index < -0.39 is 11.8 Å². The van der Waals surface area contributed by atoms with E-state index in [-0.39, 0.29) is 6.04 Å². The standard InChI is InChI=1S/C17H15N3O2/c1-12(13-7-3-2-4-8-13)19-16(21)17(22)20-15-10-6-5-9-14(15)11-18/h2-10,12H,1H3,(H,19,21)(H,20,22). The number of benzene rings is 2. The van der Waals surface area contributed by atoms with Gasteiger partial charge in [0.05, 0.1) is 17.3 Å². The molecule has 0 fully saturated rings. The van der Waals surface area contributed by atoms with Crippen molar-refractivity contribution < 1.29 is 9.59 Å². The third kappa shape index (κ3) is 3.70. The summed E-state index contributed by atoms with van der Waals surface area (Å²) < 4.78 is 0. The molecule has 0 bridgehead atoms. The van der Waals surface area contributed by atoms with Crippen LogP contribution < -0.4 is 10.6 Å². The van der Waals surface area contributed by atoms with Crippen LogP contribution in [0.15, 0.2) is 54.6 Å². The Bertz CT molecular complexity index is 720. The molecule has 0 spiro atoms. The molecular formula is C17H15N3O2. The van der Waals surface area contributed by atoms with E-state index >= 15 is 0 Å². The van der Waals surface area contributed by atoms with E-state index in [4.69, 9.17) is 5.26 Å². The van der Waals surface area contributed by atoms with Gasteiger partial charge >= 0.3 is 11.8 Å². The summed E-state index contributed by atoms with van der Waals surface area (Å²) >= 11 is 0. The molecular weight excluding hydrogens is 278 g/mol. The Morgan fingerprint density at radius 1 is 1.00 bits per heavy atom. The maximum Gasteiger partial charge on any atom is 0.313 e. The molecule has 0 aromatic heterocycles. The van der Waals surface area contributed by atoms with Gasteiger partial charge in [-0.1, -0.05) is 42.5 Å². The lowest BCUT2D eigenvalue weighted by Crippen LogP contribution is -2.37. The summed E-state index contributed by atoms with van der Waals surface area (Å²) in [5.41, 5.74) is 1.53. The van der Waals surface area contributed by atoms with Crippen LogP contribution in [0.2, 0.25) is 0 Å². The Kier molecular flexibility index (Phi) is 4.89. The minimum atomic E-state index is -0.800. The number of anilines is 1. The highest BCUT2D eigenvalue weighted by Gasteiger charge is 2.18. The molecule has 110 valence electrons. The summed E-state index contributed by atoms with van der Waals surface area (Å²) in [5, 5.41) is 14.0. The van der Waals surface area contributed by atoms with Gasteiger partial charge in [-0.25, -0.2) is 0 Å². The molecule has 1 unspecified atom stereocenters. The lowest BCUT2D eigenvalue weighted by atomic mass is 10.1. The first-order chi connectivity index (χ1) is 10.6. The van der Waals surface area contributed by atoms with Gasteiger partial charge < -0.3 is 10.6 Å². The van der Waals surface area contributed by atoms with E-state index in [1.54, 1.807) is 31.2 Å². The summed E-state index contributed by atoms with van der Waals surface area (Å²) in [5.74, 6) is -1.55. The largest absolute Gasteiger partial charge is 0.341 e. The Labute approximate surface area is 128 Å². The summed E-state index contributed by atoms with van der Waals surface area (Å²) in [7, 11) is 0. The number of amides is 2. The van der Waals surface area contributed by atoms with Crippen molar-refractivity contribution in [3.63, 3.8) is 0 Å². The second-order valence-corrected chi connectivity index (χ2v) is 4.72. The Hall–Kier alpha value is -3.13. The van der Waals surface area contributed by atoms with Gasteiger partial charge in [0.25, 0.3) is 0 Å². The minimum Gasteiger partial charge on any atom is -0.341 e. The average molecular weight is 293 g/mol. The van der Waals surface area contributed by atoms with Gasteiger partial charge in [0.1, 0.15) is 6.07 Å². The zero-order valence-electron chi connectivity index (χ0n) is 12.0. The molecule has 0 aliphatic rings. The second-order valence-electron chi connectivity index (χ2n) is 4.72. The highest BCUT2D eigenvalue weighted by molar-refractivity contribution is 6.39. The first-order valence-corrected chi connectivity index (χ1v) is 6.77. The van der Waals surface area contributed by atoms with E-state index in [2.05, 4.69) is 10.6 Å². The fourth-order valence-corrected chi connectivity index (χ4v) is 1.96. The minimum absolute atomic E-state index is 0.286. The second kappa shape index (κ2) is 7.04. The summed E-state index contributed by atoms with van der Waals surface area (Å²) in [6.45, 7) is 1.80. The number of rotatable bonds is 3. The summed E-state index contributed by atoms with van der Waals surface area (Å²) in [4.78, 5) is 23.8. The van der Waals surface area contributed by atoms with Crippen LogP contribution in [-0.2, 0) is 9.59 Å². The van der Waals surface area contributed by atoms with E-state index in [0.29, 0.717) is 11.3 Å². The maximum absolute atomic E-state index is 11.9. The molecule has 0 heterocycles. The predicted octanol–water partition coefficient (Wildman–Crippen LogP) is 2.37. The topological polar surface area (TPSA) is 82.0 Å². The fourth-order valence-electron chi connectivity index (χ4n) is 1.96. The molecule has 0 aliphatic carbocycles. The maximum atomic E-state index is 11.9. The van der Waals surface area contributed by atoms with Gasteiger partial charge in [-0.3, -0.25) is 9.59 Å². The van der Waals surface area contributed by atoms with Crippen molar-refractivity contribution in [3.8, 4) is 6.07 Å². The van der Waals surface area contributed by atoms with Gasteiger partial charge in [0, 0.05) is 0 Å². The molecule has 2 aromatic carbocycles. The van der Waals surface area contributed by atoms with Crippen LogP contribution in [0.1, 0.15) is 24.1 Å². The highest BCUT2D eigenvalue weighted by Crippen LogP contribution is 2.14. The Morgan fingerprint density at radius 2 is 1.64 bits per heavy atom. The van der Waals surface area contributed by atoms with E-state index in [9.17, 15) is 9.59 Å². The number of nitrogens with zero attached hydrogens (tertiary/aromatic N) is 1. The molecule has 1 atom stereocenters. The molecule has 5 heteroatoms. The van der Waals surface area contributed by atoms with Crippen LogP contribution in [0.3, 0.4) is 0 Å². The van der Waals surface area contributed by atoms with Crippen LogP contribution in [0, 0.1) is 11.3 Å². The third-order valence-electron chi connectivity index (χ3n) is 3.15. The normalized spacial score (nSPS) is 11.1. The number of nitriles is 1. The number of carbonyl (C=O) groups excluding carboxylic acids is 2. The van der Waals surface area contributed by atoms with E-state index in [0.717, 1.165) is 5.56 Å². The lowest BCUT2D eigenvalue weighted by molar-refractivity contribution is -0.136. The van der Waals surface area contributed by atoms with Gasteiger partial charge in [-0.05, 0) is 24.6 Å². The third-order valence-corrected chi connectivity index (χ3v) is 3.15. The molecule has 2 rings (SSSR count). The molecule has 0 saturated heterocycles. The highest BCUT2D eigenvalue weighted by atomic mass is 16.2. The molecule has 5 nitrogen and oxygen atoms in total. The zero-order chi connectivity index (χ0) is 15.9. The van der Waals surface area contributed by atoms with Crippen LogP contribution >= 0.6 is 0 Å². The molecule has 2 N–H and O–H groups in total. The summed E-state index contributed by atoms with van der Waals surface area (Å²) in [6.07, 6.45) is 0. The van der Waals surface area contributed by atoms with Gasteiger partial charge in [0.2, 0.25) is 0 Å². The summed E-state index contributed by atoms with van der Waals surface area (Å²) in [6, 6.07) is 17.5. The number of hydrogen-bond acceptors (Lipinski definition) is 3. The first-order valence-electron chi connectivity index (χ1n) is 6.77. The monoisotopic (exact) mass is 293 g/mol. The van der Waals surface area contributed by atoms with Crippen molar-refractivity contribution in [1.82, 2.24) is 5.32 Å². The van der Waals surface area contributed by atoms with Gasteiger partial charge in [-0.2, -0.15) is 5.26 Å². The van der Waals surface area contributed by atoms with Crippen molar-refractivity contribution in [2.24, 2.45) is 0 Å². The molecule has 22 heavy (non-hydrogen) atoms. The smallest absolute Gasteiger partial charge is 0.313 e. The molecule has 0 saturated carbocycles. The molecule has 2 amide bonds. The number of hydrogen-bond donors (Lipinski definition) is 2. The van der Waals surface area contributed by atoms with Gasteiger partial charge in [0.15, 0.2) is 0 Å². The number of para-hydroxylation sites is 1. The van der Waals surface area contributed by atoms with Crippen molar-refractivity contribution in [1.29, 1.82) is 5.26 Å². The molecule has 2 aromatic rings. The average Bonchev–Trinajstić information content (AvgIpc) is 2.56. The van der Waals surface area contributed by atoms with Crippen molar-refractivity contribution >= 4 is 17.5 Å². The molecule has 0 radical (unpaired) electrons. The Morgan fingerprint density at radius 3 is 2.32 bits per heavy atom. The number of nitrogens with one attached hydrogen (secondary N) is 2. The van der Waals surface area contributed by atoms with Crippen LogP contribution in [-0.4, -0.2) is 11.8 Å². The number of carbonyl (C=O) groups is 2. The van der Waals surface area contributed by atoms with Crippen LogP contribution in [0.25, 0.3) is 0 Å². The molecule has 0 aliphatic heterocycles. The lowest BCUT2D eigenvalue weighted by Gasteiger charge is -2.14. The zero-order valence-corrected chi connectivity index (χ0v) is 12.0. The van der Waals surface area contributed by atoms with Crippen LogP contribution in [0.5, 0.6) is 0 Å². The fraction of sp³-hybridized carbons (Fsp3) is 0.118. The van der Waals surface area contributed by atoms with Gasteiger partial charge in [-0.15, -0.1) is 0 Å². The van der Waals surface area contributed by atoms with Crippen molar-refractivity contribution in [2.75, 3.05) is 5.32 Å². The van der Waals surface area contributed by atoms with Crippen molar-refractivity contribution in [2.45, 2.75) is 13.0 Å². The quantitative estimate of drug-likeness (QED) is 0.852. The SMILES string of the molecule is CC(NC(=O)C(=O)Nc1ccccc1C#N)c1ccccc1. The van der Waals surface area contributed by atoms with E-state index in [1.807, 2.05) is 36.4 Å². The Balaban J connectivity index is 2.01. The predicted molar refractivity (Wildman–Crippen MR) is 82.8 cm³/mol. The van der Waals surface area contributed by atoms with Crippen molar-refractivity contribution in [3.05, 3.63) is 65.7 Å². The van der Waals surface area contributed by atoms with E-state index in [1.165, 1.54) is 0 Å². The van der Waals surface area contributed by atoms with Crippen LogP contribution in [0.4, 0.5) is 5.69 Å².